The predicted octanol–water partition coefficient (Wildman–Crippen LogP) is 3.73. The number of nitrogens with one attached hydrogen (secondary N) is 1. The van der Waals surface area contributed by atoms with Crippen LogP contribution in [-0.4, -0.2) is 67.7 Å². The standard InChI is InChI=1S/C24H34F3N7/c1-3-18-14-19(33-12-10-32(2)11-13-33)4-5-21(18)30-23-29-16-20(24(25,26)27)22(31-23)34-8-6-17(15-28)7-9-34/h4-5,14,16-17H,3,6-13,15,28H2,1-2H3,(H,29,30,31). The van der Waals surface area contributed by atoms with Crippen LogP contribution in [-0.2, 0) is 12.6 Å². The van der Waals surface area contributed by atoms with Crippen LogP contribution < -0.4 is 20.9 Å². The van der Waals surface area contributed by atoms with Crippen LogP contribution in [0.15, 0.2) is 24.4 Å². The normalized spacial score (nSPS) is 18.4. The highest BCUT2D eigenvalue weighted by molar-refractivity contribution is 5.65. The van der Waals surface area contributed by atoms with Gasteiger partial charge < -0.3 is 25.8 Å². The molecule has 34 heavy (non-hydrogen) atoms. The second-order valence-corrected chi connectivity index (χ2v) is 9.21. The van der Waals surface area contributed by atoms with Gasteiger partial charge in [0.05, 0.1) is 0 Å². The molecule has 2 fully saturated rings. The first kappa shape index (κ1) is 24.5. The molecule has 0 amide bonds. The second kappa shape index (κ2) is 10.4. The number of nitrogens with zero attached hydrogens (tertiary/aromatic N) is 5. The average molecular weight is 478 g/mol. The Morgan fingerprint density at radius 1 is 1.06 bits per heavy atom. The zero-order valence-corrected chi connectivity index (χ0v) is 19.9. The van der Waals surface area contributed by atoms with Crippen molar-refractivity contribution >= 4 is 23.1 Å². The number of halogens is 3. The summed E-state index contributed by atoms with van der Waals surface area (Å²) in [6.45, 7) is 7.60. The molecule has 2 saturated heterocycles. The Balaban J connectivity index is 1.57. The van der Waals surface area contributed by atoms with Gasteiger partial charge in [-0.3, -0.25) is 0 Å². The lowest BCUT2D eigenvalue weighted by molar-refractivity contribution is -0.137. The summed E-state index contributed by atoms with van der Waals surface area (Å²) in [7, 11) is 2.13. The molecule has 1 aromatic heterocycles. The largest absolute Gasteiger partial charge is 0.421 e. The number of alkyl halides is 3. The van der Waals surface area contributed by atoms with Crippen molar-refractivity contribution in [2.24, 2.45) is 11.7 Å². The number of piperidine rings is 1. The van der Waals surface area contributed by atoms with Crippen LogP contribution in [0.2, 0.25) is 0 Å². The number of aromatic nitrogens is 2. The van der Waals surface area contributed by atoms with E-state index in [4.69, 9.17) is 5.73 Å². The van der Waals surface area contributed by atoms with Crippen molar-refractivity contribution in [2.75, 3.05) is 68.0 Å². The fraction of sp³-hybridized carbons (Fsp3) is 0.583. The molecule has 2 aromatic rings. The molecule has 3 heterocycles. The van der Waals surface area contributed by atoms with Gasteiger partial charge in [-0.25, -0.2) is 4.98 Å². The number of benzene rings is 1. The van der Waals surface area contributed by atoms with E-state index in [1.165, 1.54) is 0 Å². The number of likely N-dealkylation sites (N-methyl/N-ethyl adjacent to an activating group) is 1. The van der Waals surface area contributed by atoms with Gasteiger partial charge in [0.2, 0.25) is 5.95 Å². The third-order valence-corrected chi connectivity index (χ3v) is 6.91. The fourth-order valence-electron chi connectivity index (χ4n) is 4.63. The van der Waals surface area contributed by atoms with Gasteiger partial charge >= 0.3 is 6.18 Å². The molecule has 7 nitrogen and oxygen atoms in total. The van der Waals surface area contributed by atoms with Gasteiger partial charge in [-0.2, -0.15) is 18.2 Å². The SMILES string of the molecule is CCc1cc(N2CCN(C)CC2)ccc1Nc1ncc(C(F)(F)F)c(N2CCC(CN)CC2)n1. The highest BCUT2D eigenvalue weighted by atomic mass is 19.4. The minimum atomic E-state index is -4.52. The number of rotatable bonds is 6. The van der Waals surface area contributed by atoms with Crippen LogP contribution in [0, 0.1) is 5.92 Å². The van der Waals surface area contributed by atoms with Crippen LogP contribution >= 0.6 is 0 Å². The van der Waals surface area contributed by atoms with Crippen LogP contribution in [0.4, 0.5) is 36.3 Å². The maximum Gasteiger partial charge on any atom is 0.421 e. The maximum absolute atomic E-state index is 13.7. The zero-order chi connectivity index (χ0) is 24.3. The molecular weight excluding hydrogens is 443 g/mol. The molecule has 2 aliphatic rings. The Morgan fingerprint density at radius 3 is 2.38 bits per heavy atom. The third kappa shape index (κ3) is 5.55. The highest BCUT2D eigenvalue weighted by Gasteiger charge is 2.37. The number of hydrogen-bond donors (Lipinski definition) is 2. The first-order chi connectivity index (χ1) is 16.3. The molecule has 0 atom stereocenters. The van der Waals surface area contributed by atoms with Gasteiger partial charge in [-0.1, -0.05) is 6.92 Å². The summed E-state index contributed by atoms with van der Waals surface area (Å²) in [5.41, 5.74) is 8.00. The lowest BCUT2D eigenvalue weighted by Gasteiger charge is -2.34. The van der Waals surface area contributed by atoms with Crippen LogP contribution in [0.3, 0.4) is 0 Å². The number of anilines is 4. The molecule has 3 N–H and O–H groups in total. The highest BCUT2D eigenvalue weighted by Crippen LogP contribution is 2.37. The van der Waals surface area contributed by atoms with Gasteiger partial charge in [0.1, 0.15) is 11.4 Å². The van der Waals surface area contributed by atoms with E-state index in [-0.39, 0.29) is 11.8 Å². The Labute approximate surface area is 199 Å². The lowest BCUT2D eigenvalue weighted by atomic mass is 9.97. The number of nitrogens with two attached hydrogens (primary N) is 1. The predicted molar refractivity (Wildman–Crippen MR) is 130 cm³/mol. The van der Waals surface area contributed by atoms with E-state index < -0.39 is 11.7 Å². The van der Waals surface area contributed by atoms with E-state index >= 15 is 0 Å². The zero-order valence-electron chi connectivity index (χ0n) is 19.9. The average Bonchev–Trinajstić information content (AvgIpc) is 2.84. The van der Waals surface area contributed by atoms with E-state index in [1.54, 1.807) is 4.90 Å². The minimum Gasteiger partial charge on any atom is -0.369 e. The summed E-state index contributed by atoms with van der Waals surface area (Å²) >= 11 is 0. The van der Waals surface area contributed by atoms with E-state index in [0.717, 1.165) is 68.6 Å². The number of aryl methyl sites for hydroxylation is 1. The lowest BCUT2D eigenvalue weighted by Crippen LogP contribution is -2.44. The van der Waals surface area contributed by atoms with Crippen LogP contribution in [0.25, 0.3) is 0 Å². The van der Waals surface area contributed by atoms with Gasteiger partial charge in [0.15, 0.2) is 0 Å². The second-order valence-electron chi connectivity index (χ2n) is 9.21. The van der Waals surface area contributed by atoms with Crippen LogP contribution in [0.1, 0.15) is 30.9 Å². The van der Waals surface area contributed by atoms with E-state index in [2.05, 4.69) is 51.2 Å². The van der Waals surface area contributed by atoms with E-state index in [9.17, 15) is 13.2 Å². The fourth-order valence-corrected chi connectivity index (χ4v) is 4.63. The Bertz CT molecular complexity index is 966. The van der Waals surface area contributed by atoms with Gasteiger partial charge in [0.25, 0.3) is 0 Å². The quantitative estimate of drug-likeness (QED) is 0.657. The molecule has 186 valence electrons. The summed E-state index contributed by atoms with van der Waals surface area (Å²) in [6, 6.07) is 6.17. The molecule has 0 bridgehead atoms. The first-order valence-electron chi connectivity index (χ1n) is 12.0. The van der Waals surface area contributed by atoms with E-state index in [0.29, 0.717) is 25.6 Å². The Hall–Kier alpha value is -2.59. The van der Waals surface area contributed by atoms with Crippen molar-refractivity contribution in [2.45, 2.75) is 32.4 Å². The topological polar surface area (TPSA) is 73.5 Å². The summed E-state index contributed by atoms with van der Waals surface area (Å²) in [5.74, 6) is 0.453. The summed E-state index contributed by atoms with van der Waals surface area (Å²) < 4.78 is 41.1. The molecule has 0 saturated carbocycles. The van der Waals surface area contributed by atoms with Crippen molar-refractivity contribution in [1.29, 1.82) is 0 Å². The van der Waals surface area contributed by atoms with Crippen LogP contribution in [0.5, 0.6) is 0 Å². The first-order valence-corrected chi connectivity index (χ1v) is 12.0. The minimum absolute atomic E-state index is 0.0624. The Morgan fingerprint density at radius 2 is 1.76 bits per heavy atom. The Kier molecular flexibility index (Phi) is 7.47. The third-order valence-electron chi connectivity index (χ3n) is 6.91. The summed E-state index contributed by atoms with van der Waals surface area (Å²) in [5, 5.41) is 3.18. The summed E-state index contributed by atoms with van der Waals surface area (Å²) in [6.07, 6.45) is -1.33. The monoisotopic (exact) mass is 477 g/mol. The molecule has 10 heteroatoms. The molecule has 0 radical (unpaired) electrons. The van der Waals surface area contributed by atoms with Crippen molar-refractivity contribution in [3.63, 3.8) is 0 Å². The molecule has 2 aliphatic heterocycles. The van der Waals surface area contributed by atoms with E-state index in [1.807, 2.05) is 6.07 Å². The molecular formula is C24H34F3N7. The molecule has 0 aliphatic carbocycles. The van der Waals surface area contributed by atoms with Gasteiger partial charge in [-0.15, -0.1) is 0 Å². The molecule has 4 rings (SSSR count). The van der Waals surface area contributed by atoms with Crippen molar-refractivity contribution in [3.8, 4) is 0 Å². The number of hydrogen-bond acceptors (Lipinski definition) is 7. The van der Waals surface area contributed by atoms with Gasteiger partial charge in [0, 0.05) is 56.8 Å². The van der Waals surface area contributed by atoms with Crippen molar-refractivity contribution < 1.29 is 13.2 Å². The number of piperazine rings is 1. The van der Waals surface area contributed by atoms with Crippen molar-refractivity contribution in [1.82, 2.24) is 14.9 Å². The van der Waals surface area contributed by atoms with Crippen molar-refractivity contribution in [3.05, 3.63) is 35.5 Å². The molecule has 0 spiro atoms. The molecule has 0 unspecified atom stereocenters. The summed E-state index contributed by atoms with van der Waals surface area (Å²) in [4.78, 5) is 14.7. The smallest absolute Gasteiger partial charge is 0.369 e. The maximum atomic E-state index is 13.7. The molecule has 1 aromatic carbocycles. The van der Waals surface area contributed by atoms with Gasteiger partial charge in [-0.05, 0) is 62.5 Å².